The van der Waals surface area contributed by atoms with Crippen molar-refractivity contribution in [1.82, 2.24) is 19.4 Å². The summed E-state index contributed by atoms with van der Waals surface area (Å²) in [5.41, 5.74) is 0.894. The molecule has 0 spiro atoms. The summed E-state index contributed by atoms with van der Waals surface area (Å²) in [6.07, 6.45) is -2.93. The van der Waals surface area contributed by atoms with Crippen molar-refractivity contribution in [2.45, 2.75) is 39.4 Å². The first-order valence-electron chi connectivity index (χ1n) is 9.86. The molecule has 0 radical (unpaired) electrons. The Bertz CT molecular complexity index is 805. The van der Waals surface area contributed by atoms with Gasteiger partial charge in [-0.2, -0.15) is 13.2 Å². The zero-order valence-corrected chi connectivity index (χ0v) is 16.4. The van der Waals surface area contributed by atoms with E-state index >= 15 is 0 Å². The van der Waals surface area contributed by atoms with Gasteiger partial charge in [-0.3, -0.25) is 9.69 Å². The molecule has 0 bridgehead atoms. The Kier molecular flexibility index (Phi) is 6.27. The van der Waals surface area contributed by atoms with E-state index in [1.807, 2.05) is 13.8 Å². The zero-order chi connectivity index (χ0) is 20.3. The normalized spacial score (nSPS) is 16.6. The van der Waals surface area contributed by atoms with Crippen LogP contribution in [0.5, 0.6) is 0 Å². The van der Waals surface area contributed by atoms with E-state index in [9.17, 15) is 18.0 Å². The monoisotopic (exact) mass is 396 g/mol. The van der Waals surface area contributed by atoms with Crippen molar-refractivity contribution in [2.24, 2.45) is 5.92 Å². The summed E-state index contributed by atoms with van der Waals surface area (Å²) in [5, 5.41) is 0. The molecule has 0 N–H and O–H groups in total. The topological polar surface area (TPSA) is 41.4 Å². The largest absolute Gasteiger partial charge is 0.449 e. The molecule has 1 aromatic heterocycles. The molecule has 2 aromatic rings. The Morgan fingerprint density at radius 3 is 2.43 bits per heavy atom. The fourth-order valence-corrected chi connectivity index (χ4v) is 3.93. The van der Waals surface area contributed by atoms with Crippen LogP contribution in [0.25, 0.3) is 11.0 Å². The van der Waals surface area contributed by atoms with E-state index < -0.39 is 12.0 Å². The Labute approximate surface area is 163 Å². The van der Waals surface area contributed by atoms with Gasteiger partial charge in [-0.25, -0.2) is 4.98 Å². The van der Waals surface area contributed by atoms with Crippen LogP contribution in [-0.2, 0) is 17.5 Å². The number of likely N-dealkylation sites (tertiary alicyclic amines) is 1. The van der Waals surface area contributed by atoms with E-state index in [1.165, 1.54) is 4.57 Å². The SMILES string of the molecule is CCN(CC)C(=O)CN1CCC(Cn2c(C(F)(F)F)nc3ccccc32)CC1. The van der Waals surface area contributed by atoms with Gasteiger partial charge >= 0.3 is 6.18 Å². The Morgan fingerprint density at radius 1 is 1.18 bits per heavy atom. The van der Waals surface area contributed by atoms with E-state index in [-0.39, 0.29) is 11.8 Å². The number of imidazole rings is 1. The summed E-state index contributed by atoms with van der Waals surface area (Å²) in [7, 11) is 0. The van der Waals surface area contributed by atoms with Crippen LogP contribution in [0.2, 0.25) is 0 Å². The van der Waals surface area contributed by atoms with Crippen molar-refractivity contribution in [2.75, 3.05) is 32.7 Å². The quantitative estimate of drug-likeness (QED) is 0.749. The number of halogens is 3. The fraction of sp³-hybridized carbons (Fsp3) is 0.600. The standard InChI is InChI=1S/C20H27F3N4O/c1-3-26(4-2)18(28)14-25-11-9-15(10-12-25)13-27-17-8-6-5-7-16(17)24-19(27)20(21,22)23/h5-8,15H,3-4,9-14H2,1-2H3. The highest BCUT2D eigenvalue weighted by atomic mass is 19.4. The fourth-order valence-electron chi connectivity index (χ4n) is 3.93. The van der Waals surface area contributed by atoms with Gasteiger partial charge in [0, 0.05) is 19.6 Å². The first-order chi connectivity index (χ1) is 13.3. The van der Waals surface area contributed by atoms with Crippen LogP contribution in [-0.4, -0.2) is 58.0 Å². The average molecular weight is 396 g/mol. The molecule has 28 heavy (non-hydrogen) atoms. The number of likely N-dealkylation sites (N-methyl/N-ethyl adjacent to an activating group) is 1. The molecule has 1 aliphatic rings. The number of nitrogens with zero attached hydrogens (tertiary/aromatic N) is 4. The minimum atomic E-state index is -4.48. The summed E-state index contributed by atoms with van der Waals surface area (Å²) in [5.74, 6) is -0.574. The van der Waals surface area contributed by atoms with Crippen LogP contribution in [0.3, 0.4) is 0 Å². The van der Waals surface area contributed by atoms with Gasteiger partial charge in [0.15, 0.2) is 0 Å². The average Bonchev–Trinajstić information content (AvgIpc) is 3.03. The molecule has 5 nitrogen and oxygen atoms in total. The highest BCUT2D eigenvalue weighted by Crippen LogP contribution is 2.33. The molecule has 1 aromatic carbocycles. The molecule has 8 heteroatoms. The van der Waals surface area contributed by atoms with Crippen molar-refractivity contribution in [3.63, 3.8) is 0 Å². The predicted molar refractivity (Wildman–Crippen MR) is 102 cm³/mol. The second-order valence-corrected chi connectivity index (χ2v) is 7.32. The van der Waals surface area contributed by atoms with E-state index in [4.69, 9.17) is 0 Å². The number of aromatic nitrogens is 2. The Morgan fingerprint density at radius 2 is 1.82 bits per heavy atom. The molecule has 154 valence electrons. The first-order valence-corrected chi connectivity index (χ1v) is 9.86. The third-order valence-corrected chi connectivity index (χ3v) is 5.53. The molecule has 3 rings (SSSR count). The van der Waals surface area contributed by atoms with Crippen LogP contribution in [0.4, 0.5) is 13.2 Å². The number of hydrogen-bond acceptors (Lipinski definition) is 3. The molecule has 1 fully saturated rings. The lowest BCUT2D eigenvalue weighted by molar-refractivity contribution is -0.147. The molecular weight excluding hydrogens is 369 g/mol. The molecule has 0 saturated carbocycles. The highest BCUT2D eigenvalue weighted by molar-refractivity contribution is 5.78. The highest BCUT2D eigenvalue weighted by Gasteiger charge is 2.38. The maximum atomic E-state index is 13.5. The number of alkyl halides is 3. The molecule has 0 unspecified atom stereocenters. The maximum Gasteiger partial charge on any atom is 0.449 e. The van der Waals surface area contributed by atoms with Gasteiger partial charge in [0.05, 0.1) is 17.6 Å². The van der Waals surface area contributed by atoms with Gasteiger partial charge in [-0.1, -0.05) is 12.1 Å². The van der Waals surface area contributed by atoms with Crippen molar-refractivity contribution < 1.29 is 18.0 Å². The summed E-state index contributed by atoms with van der Waals surface area (Å²) in [6, 6.07) is 6.74. The third kappa shape index (κ3) is 4.48. The molecule has 1 aliphatic heterocycles. The maximum absolute atomic E-state index is 13.5. The predicted octanol–water partition coefficient (Wildman–Crippen LogP) is 3.64. The Hall–Kier alpha value is -2.09. The van der Waals surface area contributed by atoms with Gasteiger partial charge in [0.25, 0.3) is 0 Å². The number of piperidine rings is 1. The number of carbonyl (C=O) groups is 1. The third-order valence-electron chi connectivity index (χ3n) is 5.53. The van der Waals surface area contributed by atoms with Crippen molar-refractivity contribution >= 4 is 16.9 Å². The number of benzene rings is 1. The van der Waals surface area contributed by atoms with Crippen LogP contribution in [0, 0.1) is 5.92 Å². The molecule has 2 heterocycles. The minimum Gasteiger partial charge on any atom is -0.342 e. The van der Waals surface area contributed by atoms with E-state index in [0.29, 0.717) is 37.2 Å². The second kappa shape index (κ2) is 8.51. The van der Waals surface area contributed by atoms with Crippen molar-refractivity contribution in [1.29, 1.82) is 0 Å². The van der Waals surface area contributed by atoms with Gasteiger partial charge < -0.3 is 9.47 Å². The van der Waals surface area contributed by atoms with Crippen LogP contribution in [0.15, 0.2) is 24.3 Å². The first kappa shape index (κ1) is 20.6. The van der Waals surface area contributed by atoms with Crippen molar-refractivity contribution in [3.8, 4) is 0 Å². The second-order valence-electron chi connectivity index (χ2n) is 7.32. The van der Waals surface area contributed by atoms with E-state index in [2.05, 4.69) is 9.88 Å². The van der Waals surface area contributed by atoms with Crippen molar-refractivity contribution in [3.05, 3.63) is 30.1 Å². The molecule has 1 saturated heterocycles. The van der Waals surface area contributed by atoms with Gasteiger partial charge in [-0.05, 0) is 57.8 Å². The lowest BCUT2D eigenvalue weighted by Gasteiger charge is -2.33. The zero-order valence-electron chi connectivity index (χ0n) is 16.4. The summed E-state index contributed by atoms with van der Waals surface area (Å²) < 4.78 is 41.7. The Balaban J connectivity index is 1.66. The number of para-hydroxylation sites is 2. The molecular formula is C20H27F3N4O. The van der Waals surface area contributed by atoms with E-state index in [0.717, 1.165) is 25.9 Å². The molecule has 0 atom stereocenters. The van der Waals surface area contributed by atoms with Crippen LogP contribution >= 0.6 is 0 Å². The lowest BCUT2D eigenvalue weighted by atomic mass is 9.96. The van der Waals surface area contributed by atoms with Gasteiger partial charge in [0.2, 0.25) is 11.7 Å². The number of carbonyl (C=O) groups excluding carboxylic acids is 1. The molecule has 0 aliphatic carbocycles. The van der Waals surface area contributed by atoms with Gasteiger partial charge in [-0.15, -0.1) is 0 Å². The van der Waals surface area contributed by atoms with Crippen LogP contribution in [0.1, 0.15) is 32.5 Å². The number of fused-ring (bicyclic) bond motifs is 1. The molecule has 1 amide bonds. The smallest absolute Gasteiger partial charge is 0.342 e. The van der Waals surface area contributed by atoms with E-state index in [1.54, 1.807) is 29.2 Å². The summed E-state index contributed by atoms with van der Waals surface area (Å²) >= 11 is 0. The lowest BCUT2D eigenvalue weighted by Crippen LogP contribution is -2.43. The number of amides is 1. The number of hydrogen-bond donors (Lipinski definition) is 0. The number of rotatable bonds is 6. The minimum absolute atomic E-state index is 0.114. The van der Waals surface area contributed by atoms with Gasteiger partial charge in [0.1, 0.15) is 0 Å². The summed E-state index contributed by atoms with van der Waals surface area (Å²) in [6.45, 7) is 7.45. The summed E-state index contributed by atoms with van der Waals surface area (Å²) in [4.78, 5) is 20.0. The van der Waals surface area contributed by atoms with Crippen LogP contribution < -0.4 is 0 Å².